The summed E-state index contributed by atoms with van der Waals surface area (Å²) >= 11 is 0. The van der Waals surface area contributed by atoms with E-state index in [-0.39, 0.29) is 17.7 Å². The summed E-state index contributed by atoms with van der Waals surface area (Å²) in [5.41, 5.74) is 1.37. The van der Waals surface area contributed by atoms with Crippen LogP contribution in [-0.2, 0) is 18.4 Å². The van der Waals surface area contributed by atoms with Gasteiger partial charge in [-0.2, -0.15) is 0 Å². The number of esters is 1. The lowest BCUT2D eigenvalue weighted by Gasteiger charge is -2.13. The van der Waals surface area contributed by atoms with Gasteiger partial charge < -0.3 is 14.8 Å². The molecule has 34 heavy (non-hydrogen) atoms. The lowest BCUT2D eigenvalue weighted by Crippen LogP contribution is -2.20. The van der Waals surface area contributed by atoms with Crippen molar-refractivity contribution >= 4 is 34.2 Å². The van der Waals surface area contributed by atoms with E-state index in [1.807, 2.05) is 24.3 Å². The first-order valence-electron chi connectivity index (χ1n) is 10.4. The summed E-state index contributed by atoms with van der Waals surface area (Å²) in [5.74, 6) is 1.10. The Labute approximate surface area is 193 Å². The number of carbonyl (C=O) groups excluding carboxylic acids is 1. The molecular formula is C24H20N6O4. The van der Waals surface area contributed by atoms with Crippen LogP contribution in [0.15, 0.2) is 71.7 Å². The minimum Gasteiger partial charge on any atom is -0.495 e. The van der Waals surface area contributed by atoms with Crippen molar-refractivity contribution in [1.82, 2.24) is 24.1 Å². The molecule has 2 aromatic carbocycles. The smallest absolute Gasteiger partial charge is 0.342 e. The third-order valence-corrected chi connectivity index (χ3v) is 5.41. The highest BCUT2D eigenvalue weighted by Crippen LogP contribution is 2.28. The second-order valence-corrected chi connectivity index (χ2v) is 7.43. The van der Waals surface area contributed by atoms with E-state index in [1.165, 1.54) is 4.57 Å². The molecule has 0 radical (unpaired) electrons. The van der Waals surface area contributed by atoms with Gasteiger partial charge in [0.2, 0.25) is 5.78 Å². The van der Waals surface area contributed by atoms with Gasteiger partial charge in [-0.15, -0.1) is 10.2 Å². The van der Waals surface area contributed by atoms with Crippen LogP contribution in [0.25, 0.3) is 16.7 Å². The molecule has 0 aliphatic rings. The van der Waals surface area contributed by atoms with Crippen LogP contribution in [0.2, 0.25) is 0 Å². The molecule has 3 aromatic heterocycles. The maximum Gasteiger partial charge on any atom is 0.342 e. The van der Waals surface area contributed by atoms with E-state index in [1.54, 1.807) is 61.2 Å². The number of rotatable bonds is 6. The topological polar surface area (TPSA) is 113 Å². The average Bonchev–Trinajstić information content (AvgIpc) is 3.31. The zero-order valence-corrected chi connectivity index (χ0v) is 18.4. The molecule has 0 saturated heterocycles. The maximum atomic E-state index is 13.0. The highest BCUT2D eigenvalue weighted by atomic mass is 16.5. The van der Waals surface area contributed by atoms with Gasteiger partial charge in [0.05, 0.1) is 23.7 Å². The lowest BCUT2D eigenvalue weighted by molar-refractivity contribution is 0.0462. The normalized spacial score (nSPS) is 11.0. The first-order chi connectivity index (χ1) is 16.6. The monoisotopic (exact) mass is 456 g/mol. The highest BCUT2D eigenvalue weighted by Gasteiger charge is 2.19. The fourth-order valence-electron chi connectivity index (χ4n) is 3.74. The van der Waals surface area contributed by atoms with Gasteiger partial charge in [0.15, 0.2) is 12.4 Å². The second-order valence-electron chi connectivity index (χ2n) is 7.43. The van der Waals surface area contributed by atoms with Gasteiger partial charge >= 0.3 is 5.97 Å². The number of benzene rings is 2. The minimum atomic E-state index is -0.587. The largest absolute Gasteiger partial charge is 0.495 e. The zero-order chi connectivity index (χ0) is 23.7. The van der Waals surface area contributed by atoms with E-state index < -0.39 is 5.97 Å². The quantitative estimate of drug-likeness (QED) is 0.388. The van der Waals surface area contributed by atoms with E-state index in [0.717, 1.165) is 0 Å². The zero-order valence-electron chi connectivity index (χ0n) is 18.4. The predicted molar refractivity (Wildman–Crippen MR) is 125 cm³/mol. The highest BCUT2D eigenvalue weighted by molar-refractivity contribution is 5.95. The molecule has 0 aliphatic heterocycles. The summed E-state index contributed by atoms with van der Waals surface area (Å²) in [6, 6.07) is 17.7. The molecule has 0 bridgehead atoms. The molecule has 5 rings (SSSR count). The molecule has 0 aliphatic carbocycles. The number of methoxy groups -OCH3 is 1. The summed E-state index contributed by atoms with van der Waals surface area (Å²) in [5, 5.41) is 11.9. The van der Waals surface area contributed by atoms with Crippen molar-refractivity contribution in [3.05, 3.63) is 88.6 Å². The molecule has 0 fully saturated rings. The Balaban J connectivity index is 1.45. The number of fused-ring (bicyclic) bond motifs is 3. The van der Waals surface area contributed by atoms with Crippen molar-refractivity contribution < 1.29 is 14.3 Å². The Hall–Kier alpha value is -4.73. The van der Waals surface area contributed by atoms with Gasteiger partial charge in [-0.25, -0.2) is 9.78 Å². The van der Waals surface area contributed by atoms with Crippen molar-refractivity contribution in [3.63, 3.8) is 0 Å². The molecule has 0 amide bonds. The molecule has 10 nitrogen and oxygen atoms in total. The molecule has 0 unspecified atom stereocenters. The summed E-state index contributed by atoms with van der Waals surface area (Å²) < 4.78 is 14.1. The molecular weight excluding hydrogens is 436 g/mol. The van der Waals surface area contributed by atoms with E-state index in [2.05, 4.69) is 20.5 Å². The van der Waals surface area contributed by atoms with E-state index in [9.17, 15) is 9.59 Å². The Morgan fingerprint density at radius 2 is 1.82 bits per heavy atom. The number of hydrogen-bond donors (Lipinski definition) is 1. The summed E-state index contributed by atoms with van der Waals surface area (Å²) in [6.07, 6.45) is 1.58. The number of para-hydroxylation sites is 3. The first kappa shape index (κ1) is 21.1. The van der Waals surface area contributed by atoms with Gasteiger partial charge in [-0.05, 0) is 36.4 Å². The maximum absolute atomic E-state index is 13.0. The Kier molecular flexibility index (Phi) is 5.38. The van der Waals surface area contributed by atoms with Crippen LogP contribution in [0.5, 0.6) is 5.75 Å². The third-order valence-electron chi connectivity index (χ3n) is 5.41. The van der Waals surface area contributed by atoms with Crippen molar-refractivity contribution in [2.75, 3.05) is 12.4 Å². The fourth-order valence-corrected chi connectivity index (χ4v) is 3.74. The van der Waals surface area contributed by atoms with Gasteiger partial charge in [0, 0.05) is 13.2 Å². The summed E-state index contributed by atoms with van der Waals surface area (Å²) in [6.45, 7) is -0.148. The van der Waals surface area contributed by atoms with Gasteiger partial charge in [0.25, 0.3) is 5.56 Å². The molecule has 170 valence electrons. The molecule has 10 heteroatoms. The molecule has 0 spiro atoms. The number of aryl methyl sites for hydroxylation is 1. The SMILES string of the molecule is COc1ccccc1Nc1ncccc1C(=O)OCc1nnc2n(C)c(=O)c3ccccc3n12. The molecule has 1 N–H and O–H groups in total. The average molecular weight is 456 g/mol. The minimum absolute atomic E-state index is 0.148. The number of carbonyl (C=O) groups is 1. The van der Waals surface area contributed by atoms with Crippen LogP contribution < -0.4 is 15.6 Å². The second kappa shape index (κ2) is 8.66. The number of nitrogens with zero attached hydrogens (tertiary/aromatic N) is 5. The van der Waals surface area contributed by atoms with Crippen LogP contribution in [0.1, 0.15) is 16.2 Å². The number of nitrogens with one attached hydrogen (secondary N) is 1. The standard InChI is InChI=1S/C24H20N6O4/c1-29-22(31)15-8-3-5-11-18(15)30-20(27-28-24(29)30)14-34-23(32)16-9-7-13-25-21(16)26-17-10-4-6-12-19(17)33-2/h3-13H,14H2,1-2H3,(H,25,26). The van der Waals surface area contributed by atoms with Crippen molar-refractivity contribution in [3.8, 4) is 5.75 Å². The van der Waals surface area contributed by atoms with Crippen LogP contribution >= 0.6 is 0 Å². The number of aromatic nitrogens is 5. The van der Waals surface area contributed by atoms with Crippen molar-refractivity contribution in [1.29, 1.82) is 0 Å². The lowest BCUT2D eigenvalue weighted by atomic mass is 10.2. The van der Waals surface area contributed by atoms with Crippen LogP contribution in [0.3, 0.4) is 0 Å². The van der Waals surface area contributed by atoms with Crippen LogP contribution in [0, 0.1) is 0 Å². The van der Waals surface area contributed by atoms with Gasteiger partial charge in [-0.1, -0.05) is 24.3 Å². The number of anilines is 2. The van der Waals surface area contributed by atoms with Crippen LogP contribution in [-0.4, -0.2) is 37.2 Å². The Morgan fingerprint density at radius 1 is 1.03 bits per heavy atom. The van der Waals surface area contributed by atoms with Crippen LogP contribution in [0.4, 0.5) is 11.5 Å². The van der Waals surface area contributed by atoms with E-state index in [0.29, 0.717) is 39.8 Å². The van der Waals surface area contributed by atoms with E-state index >= 15 is 0 Å². The fraction of sp³-hybridized carbons (Fsp3) is 0.125. The Bertz CT molecular complexity index is 1590. The first-order valence-corrected chi connectivity index (χ1v) is 10.4. The number of hydrogen-bond acceptors (Lipinski definition) is 8. The van der Waals surface area contributed by atoms with E-state index in [4.69, 9.17) is 9.47 Å². The summed E-state index contributed by atoms with van der Waals surface area (Å²) in [7, 11) is 3.19. The number of pyridine rings is 1. The molecule has 3 heterocycles. The molecule has 0 atom stereocenters. The predicted octanol–water partition coefficient (Wildman–Crippen LogP) is 3.09. The number of ether oxygens (including phenoxy) is 2. The van der Waals surface area contributed by atoms with Crippen molar-refractivity contribution in [2.45, 2.75) is 6.61 Å². The summed E-state index contributed by atoms with van der Waals surface area (Å²) in [4.78, 5) is 29.9. The van der Waals surface area contributed by atoms with Crippen molar-refractivity contribution in [2.24, 2.45) is 7.05 Å². The molecule has 5 aromatic rings. The molecule has 0 saturated carbocycles. The van der Waals surface area contributed by atoms with Gasteiger partial charge in [-0.3, -0.25) is 13.8 Å². The Morgan fingerprint density at radius 3 is 2.68 bits per heavy atom. The van der Waals surface area contributed by atoms with Gasteiger partial charge in [0.1, 0.15) is 17.1 Å². The third kappa shape index (κ3) is 3.60.